The highest BCUT2D eigenvalue weighted by atomic mass is 31.2. The normalized spacial score (nSPS) is 14.7. The van der Waals surface area contributed by atoms with Crippen molar-refractivity contribution in [1.82, 2.24) is 0 Å². The van der Waals surface area contributed by atoms with Crippen molar-refractivity contribution < 1.29 is 44.7 Å². The molecule has 0 aromatic heterocycles. The van der Waals surface area contributed by atoms with Gasteiger partial charge in [0.15, 0.2) is 5.41 Å². The number of nitrogens with two attached hydrogens (primary N) is 2. The van der Waals surface area contributed by atoms with E-state index in [1.54, 1.807) is 0 Å². The molecule has 0 radical (unpaired) electrons. The van der Waals surface area contributed by atoms with E-state index in [1.807, 2.05) is 0 Å². The van der Waals surface area contributed by atoms with E-state index in [9.17, 15) is 30.9 Å². The Hall–Kier alpha value is -0.390. The molecule has 0 atom stereocenters. The fourth-order valence-electron chi connectivity index (χ4n) is 1.13. The van der Waals surface area contributed by atoms with Crippen LogP contribution in [0.2, 0.25) is 0 Å². The molecule has 0 aromatic carbocycles. The number of rotatable bonds is 7. The van der Waals surface area contributed by atoms with Gasteiger partial charge in [-0.15, -0.1) is 0 Å². The summed E-state index contributed by atoms with van der Waals surface area (Å²) in [6.45, 7) is -0.765. The van der Waals surface area contributed by atoms with Gasteiger partial charge in [-0.2, -0.15) is 35.6 Å². The van der Waals surface area contributed by atoms with Crippen LogP contribution < -0.4 is 11.8 Å². The van der Waals surface area contributed by atoms with Gasteiger partial charge < -0.3 is 0 Å². The maximum Gasteiger partial charge on any atom is 0.507 e. The highest BCUT2D eigenvalue weighted by molar-refractivity contribution is 7.48. The van der Waals surface area contributed by atoms with Crippen LogP contribution >= 0.6 is 7.82 Å². The molecule has 0 aliphatic heterocycles. The molecule has 122 valence electrons. The van der Waals surface area contributed by atoms with Crippen molar-refractivity contribution in [2.24, 2.45) is 17.2 Å². The van der Waals surface area contributed by atoms with Crippen LogP contribution in [0.15, 0.2) is 0 Å². The lowest BCUT2D eigenvalue weighted by molar-refractivity contribution is -0.336. The van der Waals surface area contributed by atoms with Crippen LogP contribution in [0.25, 0.3) is 0 Å². The van der Waals surface area contributed by atoms with E-state index in [0.29, 0.717) is 0 Å². The van der Waals surface area contributed by atoms with Gasteiger partial charge in [-0.05, 0) is 19.8 Å². The molecule has 0 heterocycles. The van der Waals surface area contributed by atoms with Gasteiger partial charge in [0.2, 0.25) is 0 Å². The SMILES string of the molecule is CC(CCCOP(=O)(ON)ON)(C(F)(F)F)C(F)(F)F. The molecule has 20 heavy (non-hydrogen) atoms. The summed E-state index contributed by atoms with van der Waals surface area (Å²) in [4.78, 5) is 0. The third-order valence-corrected chi connectivity index (χ3v) is 3.60. The lowest BCUT2D eigenvalue weighted by Crippen LogP contribution is -2.47. The quantitative estimate of drug-likeness (QED) is 0.322. The number of phosphoric acid groups is 1. The van der Waals surface area contributed by atoms with Crippen LogP contribution in [-0.4, -0.2) is 19.0 Å². The molecule has 0 spiro atoms. The van der Waals surface area contributed by atoms with Gasteiger partial charge in [0.05, 0.1) is 6.61 Å². The summed E-state index contributed by atoms with van der Waals surface area (Å²) in [5.74, 6) is 8.94. The number of hydrogen-bond acceptors (Lipinski definition) is 6. The first-order valence-electron chi connectivity index (χ1n) is 4.98. The van der Waals surface area contributed by atoms with E-state index in [2.05, 4.69) is 25.6 Å². The largest absolute Gasteiger partial charge is 0.507 e. The van der Waals surface area contributed by atoms with Crippen molar-refractivity contribution in [3.63, 3.8) is 0 Å². The zero-order chi connectivity index (χ0) is 16.2. The van der Waals surface area contributed by atoms with E-state index < -0.39 is 45.0 Å². The summed E-state index contributed by atoms with van der Waals surface area (Å²) in [7, 11) is -4.35. The summed E-state index contributed by atoms with van der Waals surface area (Å²) in [6.07, 6.45) is -13.1. The molecule has 0 aromatic rings. The molecular weight excluding hydrogens is 321 g/mol. The van der Waals surface area contributed by atoms with Gasteiger partial charge in [0, 0.05) is 0 Å². The first-order valence-corrected chi connectivity index (χ1v) is 6.44. The average Bonchev–Trinajstić information content (AvgIpc) is 2.31. The van der Waals surface area contributed by atoms with Crippen molar-refractivity contribution in [2.45, 2.75) is 32.1 Å². The Kier molecular flexibility index (Phi) is 6.45. The second-order valence-corrected chi connectivity index (χ2v) is 5.50. The molecule has 13 heteroatoms. The lowest BCUT2D eigenvalue weighted by Gasteiger charge is -2.33. The first kappa shape index (κ1) is 19.6. The number of alkyl halides is 6. The molecule has 6 nitrogen and oxygen atoms in total. The van der Waals surface area contributed by atoms with Gasteiger partial charge in [0.1, 0.15) is 0 Å². The van der Waals surface area contributed by atoms with Crippen LogP contribution in [0.4, 0.5) is 26.3 Å². The van der Waals surface area contributed by atoms with E-state index in [0.717, 1.165) is 0 Å². The Morgan fingerprint density at radius 1 is 1.00 bits per heavy atom. The topological polar surface area (TPSA) is 96.8 Å². The zero-order valence-electron chi connectivity index (χ0n) is 10.1. The number of halogens is 6. The van der Waals surface area contributed by atoms with Crippen molar-refractivity contribution in [1.29, 1.82) is 0 Å². The van der Waals surface area contributed by atoms with Crippen molar-refractivity contribution in [3.8, 4) is 0 Å². The molecule has 0 amide bonds. The molecule has 0 rings (SSSR count). The Labute approximate surface area is 109 Å². The van der Waals surface area contributed by atoms with E-state index in [1.165, 1.54) is 0 Å². The summed E-state index contributed by atoms with van der Waals surface area (Å²) < 4.78 is 97.7. The smallest absolute Gasteiger partial charge is 0.285 e. The van der Waals surface area contributed by atoms with Gasteiger partial charge in [-0.25, -0.2) is 16.4 Å². The molecule has 0 aliphatic rings. The second-order valence-electron chi connectivity index (χ2n) is 3.92. The van der Waals surface area contributed by atoms with Crippen molar-refractivity contribution in [3.05, 3.63) is 0 Å². The molecular formula is C7H13F6N2O4P. The minimum Gasteiger partial charge on any atom is -0.285 e. The van der Waals surface area contributed by atoms with Gasteiger partial charge in [-0.1, -0.05) is 0 Å². The molecule has 0 unspecified atom stereocenters. The Bertz CT molecular complexity index is 338. The average molecular weight is 334 g/mol. The fourth-order valence-corrected chi connectivity index (χ4v) is 1.66. The van der Waals surface area contributed by atoms with E-state index in [4.69, 9.17) is 0 Å². The predicted molar refractivity (Wildman–Crippen MR) is 53.6 cm³/mol. The predicted octanol–water partition coefficient (Wildman–Crippen LogP) is 2.80. The van der Waals surface area contributed by atoms with Crippen LogP contribution in [0.1, 0.15) is 19.8 Å². The first-order chi connectivity index (χ1) is 8.83. The second kappa shape index (κ2) is 6.58. The molecule has 0 aliphatic carbocycles. The molecule has 0 saturated carbocycles. The summed E-state index contributed by atoms with van der Waals surface area (Å²) in [5.41, 5.74) is -3.92. The molecule has 0 saturated heterocycles. The van der Waals surface area contributed by atoms with Crippen molar-refractivity contribution in [2.75, 3.05) is 6.61 Å². The summed E-state index contributed by atoms with van der Waals surface area (Å²) in [5, 5.41) is 0. The standard InChI is InChI=1S/C7H13F6N2O4P/c1-5(6(8,9)10,7(11,12)13)3-2-4-17-20(16,18-14)19-15/h2-4,14-15H2,1H3. The molecule has 0 fully saturated rings. The third-order valence-electron chi connectivity index (χ3n) is 2.58. The molecule has 4 N–H and O–H groups in total. The third kappa shape index (κ3) is 4.57. The maximum atomic E-state index is 12.5. The Morgan fingerprint density at radius 3 is 1.70 bits per heavy atom. The Morgan fingerprint density at radius 2 is 1.40 bits per heavy atom. The highest BCUT2D eigenvalue weighted by Crippen LogP contribution is 2.53. The molecule has 0 bridgehead atoms. The van der Waals surface area contributed by atoms with Crippen LogP contribution in [-0.2, 0) is 18.3 Å². The van der Waals surface area contributed by atoms with Crippen LogP contribution in [0.5, 0.6) is 0 Å². The number of hydrogen-bond donors (Lipinski definition) is 2. The van der Waals surface area contributed by atoms with E-state index >= 15 is 0 Å². The van der Waals surface area contributed by atoms with E-state index in [-0.39, 0.29) is 6.92 Å². The Balaban J connectivity index is 4.65. The summed E-state index contributed by atoms with van der Waals surface area (Å²) >= 11 is 0. The minimum absolute atomic E-state index is 0.0193. The van der Waals surface area contributed by atoms with Gasteiger partial charge in [-0.3, -0.25) is 4.52 Å². The van der Waals surface area contributed by atoms with Gasteiger partial charge >= 0.3 is 20.2 Å². The monoisotopic (exact) mass is 334 g/mol. The lowest BCUT2D eigenvalue weighted by atomic mass is 9.84. The zero-order valence-corrected chi connectivity index (χ0v) is 11.0. The summed E-state index contributed by atoms with van der Waals surface area (Å²) in [6, 6.07) is 0. The minimum atomic E-state index is -5.50. The highest BCUT2D eigenvalue weighted by Gasteiger charge is 2.66. The fraction of sp³-hybridized carbons (Fsp3) is 1.00. The maximum absolute atomic E-state index is 12.5. The van der Waals surface area contributed by atoms with Crippen LogP contribution in [0, 0.1) is 5.41 Å². The van der Waals surface area contributed by atoms with Crippen molar-refractivity contribution >= 4 is 7.82 Å². The van der Waals surface area contributed by atoms with Crippen LogP contribution in [0.3, 0.4) is 0 Å². The van der Waals surface area contributed by atoms with Gasteiger partial charge in [0.25, 0.3) is 0 Å².